The van der Waals surface area contributed by atoms with Gasteiger partial charge in [0.2, 0.25) is 0 Å². The molecular weight excluding hydrogens is 393 g/mol. The van der Waals surface area contributed by atoms with E-state index in [9.17, 15) is 0 Å². The summed E-state index contributed by atoms with van der Waals surface area (Å²) in [7, 11) is 0. The Hall–Kier alpha value is -0.830. The van der Waals surface area contributed by atoms with E-state index in [0.717, 1.165) is 51.8 Å². The van der Waals surface area contributed by atoms with Crippen molar-refractivity contribution < 1.29 is 4.74 Å². The number of guanidine groups is 1. The van der Waals surface area contributed by atoms with Gasteiger partial charge in [0.25, 0.3) is 0 Å². The Balaban J connectivity index is 0.00000441. The first-order valence-electron chi connectivity index (χ1n) is 7.83. The summed E-state index contributed by atoms with van der Waals surface area (Å²) < 4.78 is 7.27. The van der Waals surface area contributed by atoms with Crippen molar-refractivity contribution in [3.05, 3.63) is 18.5 Å². The first kappa shape index (κ1) is 21.2. The summed E-state index contributed by atoms with van der Waals surface area (Å²) in [6, 6.07) is 1.94. The Bertz CT molecular complexity index is 383. The van der Waals surface area contributed by atoms with Gasteiger partial charge in [-0.25, -0.2) is 0 Å². The maximum absolute atomic E-state index is 5.32. The number of hydrogen-bond acceptors (Lipinski definition) is 3. The molecule has 6 nitrogen and oxygen atoms in total. The molecule has 1 atom stereocenters. The van der Waals surface area contributed by atoms with E-state index in [1.807, 2.05) is 23.9 Å². The third-order valence-corrected chi connectivity index (χ3v) is 2.93. The highest BCUT2D eigenvalue weighted by Crippen LogP contribution is 2.00. The minimum atomic E-state index is 0. The Morgan fingerprint density at radius 1 is 1.36 bits per heavy atom. The molecule has 0 amide bonds. The van der Waals surface area contributed by atoms with Gasteiger partial charge in [-0.1, -0.05) is 6.92 Å². The van der Waals surface area contributed by atoms with Gasteiger partial charge in [-0.05, 0) is 32.3 Å². The molecule has 1 rings (SSSR count). The number of hydrogen-bond donors (Lipinski definition) is 2. The first-order valence-corrected chi connectivity index (χ1v) is 7.83. The topological polar surface area (TPSA) is 63.5 Å². The van der Waals surface area contributed by atoms with Crippen LogP contribution < -0.4 is 10.6 Å². The lowest BCUT2D eigenvalue weighted by molar-refractivity contribution is 0.145. The predicted molar refractivity (Wildman–Crippen MR) is 102 cm³/mol. The monoisotopic (exact) mass is 423 g/mol. The fourth-order valence-electron chi connectivity index (χ4n) is 1.90. The predicted octanol–water partition coefficient (Wildman–Crippen LogP) is 2.12. The van der Waals surface area contributed by atoms with E-state index >= 15 is 0 Å². The second kappa shape index (κ2) is 13.8. The van der Waals surface area contributed by atoms with Crippen molar-refractivity contribution in [1.29, 1.82) is 0 Å². The van der Waals surface area contributed by atoms with Crippen LogP contribution in [0.2, 0.25) is 0 Å². The van der Waals surface area contributed by atoms with Crippen LogP contribution in [-0.2, 0) is 11.3 Å². The Kier molecular flexibility index (Phi) is 13.3. The van der Waals surface area contributed by atoms with Gasteiger partial charge in [-0.15, -0.1) is 24.0 Å². The largest absolute Gasteiger partial charge is 0.382 e. The average Bonchev–Trinajstić information content (AvgIpc) is 2.97. The number of nitrogens with one attached hydrogen (secondary N) is 2. The molecule has 128 valence electrons. The summed E-state index contributed by atoms with van der Waals surface area (Å²) in [6.07, 6.45) is 4.78. The molecule has 1 aromatic rings. The first-order chi connectivity index (χ1) is 10.3. The summed E-state index contributed by atoms with van der Waals surface area (Å²) in [5, 5.41) is 10.8. The SMILES string of the molecule is CCNC(=NCC(C)Cn1cccn1)NCCCOCC.I. The van der Waals surface area contributed by atoms with Crippen molar-refractivity contribution in [1.82, 2.24) is 20.4 Å². The maximum Gasteiger partial charge on any atom is 0.191 e. The van der Waals surface area contributed by atoms with Gasteiger partial charge < -0.3 is 15.4 Å². The second-order valence-electron chi connectivity index (χ2n) is 5.03. The van der Waals surface area contributed by atoms with E-state index in [0.29, 0.717) is 5.92 Å². The molecule has 1 heterocycles. The average molecular weight is 423 g/mol. The van der Waals surface area contributed by atoms with Crippen molar-refractivity contribution in [3.63, 3.8) is 0 Å². The number of ether oxygens (including phenoxy) is 1. The molecule has 2 N–H and O–H groups in total. The lowest BCUT2D eigenvalue weighted by Gasteiger charge is -2.13. The van der Waals surface area contributed by atoms with Crippen LogP contribution in [0.25, 0.3) is 0 Å². The molecule has 0 spiro atoms. The number of halogens is 1. The summed E-state index contributed by atoms with van der Waals surface area (Å²) >= 11 is 0. The van der Waals surface area contributed by atoms with Gasteiger partial charge in [0.1, 0.15) is 0 Å². The molecule has 0 saturated heterocycles. The van der Waals surface area contributed by atoms with E-state index in [2.05, 4.69) is 34.6 Å². The molecule has 0 aliphatic carbocycles. The van der Waals surface area contributed by atoms with E-state index in [1.165, 1.54) is 0 Å². The van der Waals surface area contributed by atoms with Gasteiger partial charge in [-0.2, -0.15) is 5.10 Å². The lowest BCUT2D eigenvalue weighted by atomic mass is 10.2. The number of aromatic nitrogens is 2. The minimum absolute atomic E-state index is 0. The summed E-state index contributed by atoms with van der Waals surface area (Å²) in [5.41, 5.74) is 0. The molecule has 0 saturated carbocycles. The van der Waals surface area contributed by atoms with Gasteiger partial charge in [0, 0.05) is 51.8 Å². The van der Waals surface area contributed by atoms with E-state index in [4.69, 9.17) is 4.74 Å². The third kappa shape index (κ3) is 9.99. The lowest BCUT2D eigenvalue weighted by Crippen LogP contribution is -2.38. The zero-order chi connectivity index (χ0) is 15.3. The van der Waals surface area contributed by atoms with Crippen molar-refractivity contribution in [3.8, 4) is 0 Å². The molecule has 1 aromatic heterocycles. The summed E-state index contributed by atoms with van der Waals surface area (Å²) in [4.78, 5) is 4.62. The highest BCUT2D eigenvalue weighted by molar-refractivity contribution is 14.0. The molecular formula is C15H30IN5O. The zero-order valence-corrected chi connectivity index (χ0v) is 16.2. The Morgan fingerprint density at radius 2 is 2.18 bits per heavy atom. The number of nitrogens with zero attached hydrogens (tertiary/aromatic N) is 3. The van der Waals surface area contributed by atoms with Crippen LogP contribution in [0.4, 0.5) is 0 Å². The Labute approximate surface area is 151 Å². The van der Waals surface area contributed by atoms with Crippen LogP contribution in [0, 0.1) is 5.92 Å². The maximum atomic E-state index is 5.32. The zero-order valence-electron chi connectivity index (χ0n) is 13.9. The third-order valence-electron chi connectivity index (χ3n) is 2.93. The van der Waals surface area contributed by atoms with Crippen molar-refractivity contribution >= 4 is 29.9 Å². The molecule has 0 bridgehead atoms. The smallest absolute Gasteiger partial charge is 0.191 e. The molecule has 0 radical (unpaired) electrons. The van der Waals surface area contributed by atoms with Gasteiger partial charge in [0.05, 0.1) is 0 Å². The van der Waals surface area contributed by atoms with E-state index in [1.54, 1.807) is 6.20 Å². The van der Waals surface area contributed by atoms with Crippen LogP contribution in [0.15, 0.2) is 23.5 Å². The normalized spacial score (nSPS) is 12.6. The molecule has 22 heavy (non-hydrogen) atoms. The van der Waals surface area contributed by atoms with E-state index in [-0.39, 0.29) is 24.0 Å². The van der Waals surface area contributed by atoms with Gasteiger partial charge in [-0.3, -0.25) is 9.67 Å². The van der Waals surface area contributed by atoms with Gasteiger partial charge in [0.15, 0.2) is 5.96 Å². The molecule has 0 fully saturated rings. The summed E-state index contributed by atoms with van der Waals surface area (Å²) in [6.45, 7) is 11.2. The molecule has 0 aliphatic rings. The van der Waals surface area contributed by atoms with Crippen molar-refractivity contribution in [2.75, 3.05) is 32.8 Å². The van der Waals surface area contributed by atoms with Gasteiger partial charge >= 0.3 is 0 Å². The molecule has 0 aromatic carbocycles. The highest BCUT2D eigenvalue weighted by atomic mass is 127. The highest BCUT2D eigenvalue weighted by Gasteiger charge is 2.04. The van der Waals surface area contributed by atoms with E-state index < -0.39 is 0 Å². The molecule has 0 aliphatic heterocycles. The fourth-order valence-corrected chi connectivity index (χ4v) is 1.90. The summed E-state index contributed by atoms with van der Waals surface area (Å²) in [5.74, 6) is 1.32. The second-order valence-corrected chi connectivity index (χ2v) is 5.03. The van der Waals surface area contributed by atoms with Crippen LogP contribution in [0.5, 0.6) is 0 Å². The molecule has 7 heteroatoms. The number of rotatable bonds is 10. The van der Waals surface area contributed by atoms with Crippen LogP contribution in [0.3, 0.4) is 0 Å². The van der Waals surface area contributed by atoms with Crippen molar-refractivity contribution in [2.45, 2.75) is 33.7 Å². The minimum Gasteiger partial charge on any atom is -0.382 e. The van der Waals surface area contributed by atoms with Crippen LogP contribution >= 0.6 is 24.0 Å². The molecule has 1 unspecified atom stereocenters. The fraction of sp³-hybridized carbons (Fsp3) is 0.733. The number of aliphatic imine (C=N–C) groups is 1. The van der Waals surface area contributed by atoms with Crippen molar-refractivity contribution in [2.24, 2.45) is 10.9 Å². The van der Waals surface area contributed by atoms with Crippen LogP contribution in [-0.4, -0.2) is 48.6 Å². The quantitative estimate of drug-likeness (QED) is 0.262. The Morgan fingerprint density at radius 3 is 2.82 bits per heavy atom. The van der Waals surface area contributed by atoms with Crippen LogP contribution in [0.1, 0.15) is 27.2 Å². The standard InChI is InChI=1S/C15H29N5O.HI/c1-4-16-15(17-8-7-11-21-5-2)18-12-14(3)13-20-10-6-9-19-20;/h6,9-10,14H,4-5,7-8,11-13H2,1-3H3,(H2,16,17,18);1H.